The molecular formula is C19H23N5O. The van der Waals surface area contributed by atoms with Gasteiger partial charge in [-0.05, 0) is 44.9 Å². The molecule has 0 saturated carbocycles. The minimum atomic E-state index is -0.00879. The molecule has 2 aliphatic heterocycles. The van der Waals surface area contributed by atoms with Gasteiger partial charge in [-0.25, -0.2) is 4.98 Å². The minimum absolute atomic E-state index is 0.00879. The molecule has 4 rings (SSSR count). The van der Waals surface area contributed by atoms with Crippen LogP contribution in [-0.2, 0) is 6.54 Å². The average Bonchev–Trinajstić information content (AvgIpc) is 3.23. The molecule has 2 aliphatic rings. The van der Waals surface area contributed by atoms with Gasteiger partial charge in [0.1, 0.15) is 5.69 Å². The van der Waals surface area contributed by atoms with E-state index in [4.69, 9.17) is 0 Å². The molecule has 0 radical (unpaired) electrons. The van der Waals surface area contributed by atoms with Crippen LogP contribution < -0.4 is 0 Å². The molecule has 0 unspecified atom stereocenters. The van der Waals surface area contributed by atoms with Gasteiger partial charge in [0.2, 0.25) is 0 Å². The number of pyridine rings is 1. The van der Waals surface area contributed by atoms with E-state index < -0.39 is 0 Å². The molecule has 25 heavy (non-hydrogen) atoms. The lowest BCUT2D eigenvalue weighted by molar-refractivity contribution is 0.0734. The molecular weight excluding hydrogens is 314 g/mol. The van der Waals surface area contributed by atoms with E-state index in [9.17, 15) is 4.79 Å². The largest absolute Gasteiger partial charge is 0.335 e. The smallest absolute Gasteiger partial charge is 0.274 e. The van der Waals surface area contributed by atoms with Gasteiger partial charge >= 0.3 is 0 Å². The molecule has 1 spiro atoms. The molecule has 2 aromatic rings. The molecule has 6 heteroatoms. The Hall–Kier alpha value is -2.34. The number of carbonyl (C=O) groups is 1. The van der Waals surface area contributed by atoms with Crippen LogP contribution in [0.3, 0.4) is 0 Å². The third-order valence-corrected chi connectivity index (χ3v) is 5.44. The predicted octanol–water partition coefficient (Wildman–Crippen LogP) is 2.06. The SMILES string of the molecule is Cc1cccc(CN2CCC[C@]23CCN(C(=O)c2cnccn2)C3)n1. The van der Waals surface area contributed by atoms with Crippen LogP contribution in [0.25, 0.3) is 0 Å². The number of hydrogen-bond donors (Lipinski definition) is 0. The second kappa shape index (κ2) is 6.52. The second-order valence-corrected chi connectivity index (χ2v) is 7.09. The van der Waals surface area contributed by atoms with Crippen molar-refractivity contribution in [2.45, 2.75) is 38.3 Å². The minimum Gasteiger partial charge on any atom is -0.335 e. The second-order valence-electron chi connectivity index (χ2n) is 7.09. The molecule has 0 aliphatic carbocycles. The highest BCUT2D eigenvalue weighted by molar-refractivity contribution is 5.92. The van der Waals surface area contributed by atoms with Crippen molar-refractivity contribution in [1.82, 2.24) is 24.8 Å². The van der Waals surface area contributed by atoms with Crippen molar-refractivity contribution in [2.75, 3.05) is 19.6 Å². The van der Waals surface area contributed by atoms with Crippen molar-refractivity contribution < 1.29 is 4.79 Å². The Labute approximate surface area is 147 Å². The summed E-state index contributed by atoms with van der Waals surface area (Å²) >= 11 is 0. The van der Waals surface area contributed by atoms with Crippen molar-refractivity contribution in [3.8, 4) is 0 Å². The highest BCUT2D eigenvalue weighted by Gasteiger charge is 2.47. The fourth-order valence-corrected chi connectivity index (χ4v) is 4.19. The Morgan fingerprint density at radius 1 is 1.24 bits per heavy atom. The molecule has 6 nitrogen and oxygen atoms in total. The average molecular weight is 337 g/mol. The summed E-state index contributed by atoms with van der Waals surface area (Å²) in [5.74, 6) is -0.00879. The van der Waals surface area contributed by atoms with Gasteiger partial charge in [0.25, 0.3) is 5.91 Å². The van der Waals surface area contributed by atoms with Crippen LogP contribution in [0.4, 0.5) is 0 Å². The number of rotatable bonds is 3. The summed E-state index contributed by atoms with van der Waals surface area (Å²) in [6.45, 7) is 5.51. The Morgan fingerprint density at radius 3 is 2.96 bits per heavy atom. The molecule has 2 saturated heterocycles. The van der Waals surface area contributed by atoms with E-state index in [2.05, 4.69) is 32.0 Å². The van der Waals surface area contributed by atoms with Crippen LogP contribution in [0.1, 0.15) is 41.1 Å². The molecule has 130 valence electrons. The number of aryl methyl sites for hydroxylation is 1. The summed E-state index contributed by atoms with van der Waals surface area (Å²) in [4.78, 5) is 30.0. The first kappa shape index (κ1) is 16.1. The van der Waals surface area contributed by atoms with Gasteiger partial charge < -0.3 is 4.90 Å². The summed E-state index contributed by atoms with van der Waals surface area (Å²) < 4.78 is 0. The first-order chi connectivity index (χ1) is 12.2. The van der Waals surface area contributed by atoms with Gasteiger partial charge in [-0.1, -0.05) is 6.07 Å². The molecule has 0 bridgehead atoms. The molecule has 0 aromatic carbocycles. The van der Waals surface area contributed by atoms with E-state index in [-0.39, 0.29) is 11.4 Å². The van der Waals surface area contributed by atoms with Gasteiger partial charge in [-0.3, -0.25) is 19.7 Å². The highest BCUT2D eigenvalue weighted by Crippen LogP contribution is 2.38. The quantitative estimate of drug-likeness (QED) is 0.858. The molecule has 1 atom stereocenters. The van der Waals surface area contributed by atoms with Crippen LogP contribution in [0.5, 0.6) is 0 Å². The summed E-state index contributed by atoms with van der Waals surface area (Å²) in [5.41, 5.74) is 2.68. The molecule has 0 N–H and O–H groups in total. The molecule has 2 fully saturated rings. The van der Waals surface area contributed by atoms with Crippen molar-refractivity contribution in [3.63, 3.8) is 0 Å². The highest BCUT2D eigenvalue weighted by atomic mass is 16.2. The Morgan fingerprint density at radius 2 is 2.16 bits per heavy atom. The van der Waals surface area contributed by atoms with Crippen LogP contribution in [0.15, 0.2) is 36.8 Å². The van der Waals surface area contributed by atoms with E-state index in [0.717, 1.165) is 50.4 Å². The molecule has 4 heterocycles. The van der Waals surface area contributed by atoms with Crippen LogP contribution in [0, 0.1) is 6.92 Å². The standard InChI is InChI=1S/C19H23N5O/c1-15-4-2-5-16(22-15)13-24-10-3-6-19(24)7-11-23(14-19)18(25)17-12-20-8-9-21-17/h2,4-5,8-9,12H,3,6-7,10-11,13-14H2,1H3/t19-/m1/s1. The summed E-state index contributed by atoms with van der Waals surface area (Å²) in [6.07, 6.45) is 8.06. The first-order valence-electron chi connectivity index (χ1n) is 8.89. The Bertz CT molecular complexity index is 765. The number of nitrogens with zero attached hydrogens (tertiary/aromatic N) is 5. The zero-order chi connectivity index (χ0) is 17.3. The number of hydrogen-bond acceptors (Lipinski definition) is 5. The fourth-order valence-electron chi connectivity index (χ4n) is 4.19. The van der Waals surface area contributed by atoms with Crippen LogP contribution in [0.2, 0.25) is 0 Å². The van der Waals surface area contributed by atoms with Crippen LogP contribution >= 0.6 is 0 Å². The number of aromatic nitrogens is 3. The summed E-state index contributed by atoms with van der Waals surface area (Å²) in [5, 5.41) is 0. The van der Waals surface area contributed by atoms with E-state index in [0.29, 0.717) is 5.69 Å². The normalized spacial score (nSPS) is 23.5. The van der Waals surface area contributed by atoms with E-state index >= 15 is 0 Å². The third-order valence-electron chi connectivity index (χ3n) is 5.44. The van der Waals surface area contributed by atoms with Crippen molar-refractivity contribution >= 4 is 5.91 Å². The Kier molecular flexibility index (Phi) is 4.21. The van der Waals surface area contributed by atoms with Crippen molar-refractivity contribution in [2.24, 2.45) is 0 Å². The summed E-state index contributed by atoms with van der Waals surface area (Å²) in [6, 6.07) is 6.19. The van der Waals surface area contributed by atoms with Gasteiger partial charge in [-0.15, -0.1) is 0 Å². The van der Waals surface area contributed by atoms with E-state index in [1.165, 1.54) is 6.42 Å². The maximum absolute atomic E-state index is 12.7. The van der Waals surface area contributed by atoms with E-state index in [1.807, 2.05) is 17.9 Å². The number of carbonyl (C=O) groups excluding carboxylic acids is 1. The predicted molar refractivity (Wildman–Crippen MR) is 93.9 cm³/mol. The zero-order valence-corrected chi connectivity index (χ0v) is 14.6. The van der Waals surface area contributed by atoms with Gasteiger partial charge in [-0.2, -0.15) is 0 Å². The van der Waals surface area contributed by atoms with Gasteiger partial charge in [0, 0.05) is 43.3 Å². The number of likely N-dealkylation sites (tertiary alicyclic amines) is 2. The van der Waals surface area contributed by atoms with Gasteiger partial charge in [0.05, 0.1) is 11.9 Å². The van der Waals surface area contributed by atoms with Crippen molar-refractivity contribution in [3.05, 3.63) is 53.9 Å². The lowest BCUT2D eigenvalue weighted by atomic mass is 9.95. The topological polar surface area (TPSA) is 62.2 Å². The third kappa shape index (κ3) is 3.14. The lowest BCUT2D eigenvalue weighted by Crippen LogP contribution is -2.46. The molecule has 2 aromatic heterocycles. The maximum atomic E-state index is 12.7. The van der Waals surface area contributed by atoms with Gasteiger partial charge in [0.15, 0.2) is 0 Å². The Balaban J connectivity index is 1.49. The maximum Gasteiger partial charge on any atom is 0.274 e. The molecule has 1 amide bonds. The van der Waals surface area contributed by atoms with Crippen molar-refractivity contribution in [1.29, 1.82) is 0 Å². The zero-order valence-electron chi connectivity index (χ0n) is 14.6. The number of amides is 1. The monoisotopic (exact) mass is 337 g/mol. The first-order valence-corrected chi connectivity index (χ1v) is 8.89. The lowest BCUT2D eigenvalue weighted by Gasteiger charge is -2.35. The van der Waals surface area contributed by atoms with Crippen LogP contribution in [-0.4, -0.2) is 55.8 Å². The summed E-state index contributed by atoms with van der Waals surface area (Å²) in [7, 11) is 0. The fraction of sp³-hybridized carbons (Fsp3) is 0.474. The van der Waals surface area contributed by atoms with E-state index in [1.54, 1.807) is 18.6 Å².